The Balaban J connectivity index is 0.00000264. The number of nitrogens with one attached hydrogen (secondary N) is 2. The van der Waals surface area contributed by atoms with Gasteiger partial charge in [-0.25, -0.2) is 0 Å². The van der Waals surface area contributed by atoms with Crippen LogP contribution in [0.15, 0.2) is 4.99 Å². The van der Waals surface area contributed by atoms with Crippen LogP contribution in [0, 0.1) is 5.92 Å². The van der Waals surface area contributed by atoms with E-state index in [9.17, 15) is 0 Å². The van der Waals surface area contributed by atoms with Gasteiger partial charge < -0.3 is 15.5 Å². The molecular weight excluding hydrogens is 399 g/mol. The van der Waals surface area contributed by atoms with Gasteiger partial charge in [0.1, 0.15) is 0 Å². The van der Waals surface area contributed by atoms with Gasteiger partial charge in [-0.3, -0.25) is 4.99 Å². The zero-order chi connectivity index (χ0) is 15.8. The van der Waals surface area contributed by atoms with Crippen molar-refractivity contribution in [1.82, 2.24) is 15.5 Å². The van der Waals surface area contributed by atoms with E-state index in [1.54, 1.807) is 0 Å². The Hall–Kier alpha value is -0.0400. The lowest BCUT2D eigenvalue weighted by molar-refractivity contribution is 0.197. The molecule has 0 unspecified atom stereocenters. The molecule has 1 heterocycles. The maximum Gasteiger partial charge on any atom is 0.191 e. The average Bonchev–Trinajstić information content (AvgIpc) is 3.32. The molecular formula is C18H37IN4. The Kier molecular flexibility index (Phi) is 10.5. The third-order valence-electron chi connectivity index (χ3n) is 4.74. The van der Waals surface area contributed by atoms with Crippen LogP contribution in [0.1, 0.15) is 65.7 Å². The lowest BCUT2D eigenvalue weighted by Gasteiger charge is -2.33. The molecule has 2 fully saturated rings. The van der Waals surface area contributed by atoms with Gasteiger partial charge in [0.25, 0.3) is 0 Å². The van der Waals surface area contributed by atoms with Crippen LogP contribution in [0.3, 0.4) is 0 Å². The summed E-state index contributed by atoms with van der Waals surface area (Å²) >= 11 is 0. The fourth-order valence-electron chi connectivity index (χ4n) is 3.22. The molecule has 0 aromatic heterocycles. The van der Waals surface area contributed by atoms with Gasteiger partial charge in [-0.2, -0.15) is 0 Å². The quantitative estimate of drug-likeness (QED) is 0.264. The van der Waals surface area contributed by atoms with E-state index in [0.29, 0.717) is 6.04 Å². The van der Waals surface area contributed by atoms with Crippen LogP contribution < -0.4 is 10.6 Å². The number of unbranched alkanes of at least 4 members (excludes halogenated alkanes) is 1. The molecule has 0 radical (unpaired) electrons. The third-order valence-corrected chi connectivity index (χ3v) is 4.74. The van der Waals surface area contributed by atoms with Crippen molar-refractivity contribution in [3.8, 4) is 0 Å². The van der Waals surface area contributed by atoms with Crippen LogP contribution in [0.5, 0.6) is 0 Å². The molecule has 1 saturated carbocycles. The maximum absolute atomic E-state index is 4.75. The van der Waals surface area contributed by atoms with Crippen molar-refractivity contribution in [2.45, 2.75) is 77.8 Å². The summed E-state index contributed by atoms with van der Waals surface area (Å²) in [4.78, 5) is 7.43. The predicted octanol–water partition coefficient (Wildman–Crippen LogP) is 3.61. The predicted molar refractivity (Wildman–Crippen MR) is 111 cm³/mol. The van der Waals surface area contributed by atoms with Crippen molar-refractivity contribution in [3.05, 3.63) is 0 Å². The van der Waals surface area contributed by atoms with Gasteiger partial charge in [-0.05, 0) is 44.9 Å². The van der Waals surface area contributed by atoms with Gasteiger partial charge in [-0.15, -0.1) is 24.0 Å². The first-order valence-electron chi connectivity index (χ1n) is 9.48. The summed E-state index contributed by atoms with van der Waals surface area (Å²) in [6.45, 7) is 11.1. The maximum atomic E-state index is 4.75. The van der Waals surface area contributed by atoms with Gasteiger partial charge >= 0.3 is 0 Å². The van der Waals surface area contributed by atoms with Crippen LogP contribution in [-0.2, 0) is 0 Å². The minimum Gasteiger partial charge on any atom is -0.357 e. The highest BCUT2D eigenvalue weighted by atomic mass is 127. The zero-order valence-corrected chi connectivity index (χ0v) is 17.6. The molecule has 0 aromatic carbocycles. The molecule has 2 rings (SSSR count). The summed E-state index contributed by atoms with van der Waals surface area (Å²) in [5, 5.41) is 7.05. The first-order valence-corrected chi connectivity index (χ1v) is 9.48. The van der Waals surface area contributed by atoms with Crippen LogP contribution in [0.2, 0.25) is 0 Å². The van der Waals surface area contributed by atoms with Crippen LogP contribution in [-0.4, -0.2) is 49.1 Å². The number of likely N-dealkylation sites (tertiary alicyclic amines) is 1. The number of halogens is 1. The van der Waals surface area contributed by atoms with E-state index in [1.165, 1.54) is 58.0 Å². The van der Waals surface area contributed by atoms with Crippen molar-refractivity contribution < 1.29 is 0 Å². The normalized spacial score (nSPS) is 20.4. The molecule has 0 atom stereocenters. The molecule has 5 heteroatoms. The number of aliphatic imine (C=N–C) groups is 1. The molecule has 1 saturated heterocycles. The highest BCUT2D eigenvalue weighted by Crippen LogP contribution is 2.29. The molecule has 0 aromatic rings. The number of nitrogens with zero attached hydrogens (tertiary/aromatic N) is 2. The average molecular weight is 436 g/mol. The van der Waals surface area contributed by atoms with Crippen molar-refractivity contribution in [2.24, 2.45) is 10.9 Å². The van der Waals surface area contributed by atoms with E-state index < -0.39 is 0 Å². The minimum atomic E-state index is 0. The molecule has 4 nitrogen and oxygen atoms in total. The molecule has 0 spiro atoms. The number of rotatable bonds is 8. The van der Waals surface area contributed by atoms with Crippen LogP contribution in [0.25, 0.3) is 0 Å². The van der Waals surface area contributed by atoms with E-state index in [2.05, 4.69) is 36.3 Å². The van der Waals surface area contributed by atoms with Crippen molar-refractivity contribution in [1.29, 1.82) is 0 Å². The van der Waals surface area contributed by atoms with Gasteiger partial charge in [0.2, 0.25) is 0 Å². The monoisotopic (exact) mass is 436 g/mol. The highest BCUT2D eigenvalue weighted by molar-refractivity contribution is 14.0. The highest BCUT2D eigenvalue weighted by Gasteiger charge is 2.31. The summed E-state index contributed by atoms with van der Waals surface area (Å²) in [5.41, 5.74) is 0. The molecule has 0 amide bonds. The molecule has 23 heavy (non-hydrogen) atoms. The number of hydrogen-bond acceptors (Lipinski definition) is 2. The largest absolute Gasteiger partial charge is 0.357 e. The third kappa shape index (κ3) is 8.57. The number of piperidine rings is 1. The minimum absolute atomic E-state index is 0. The first kappa shape index (κ1) is 21.0. The smallest absolute Gasteiger partial charge is 0.191 e. The lowest BCUT2D eigenvalue weighted by Crippen LogP contribution is -2.49. The second kappa shape index (κ2) is 11.5. The van der Waals surface area contributed by atoms with E-state index in [-0.39, 0.29) is 24.0 Å². The fraction of sp³-hybridized carbons (Fsp3) is 0.944. The second-order valence-electron chi connectivity index (χ2n) is 7.34. The van der Waals surface area contributed by atoms with E-state index in [0.717, 1.165) is 31.0 Å². The van der Waals surface area contributed by atoms with Crippen molar-refractivity contribution in [3.63, 3.8) is 0 Å². The lowest BCUT2D eigenvalue weighted by atomic mass is 10.1. The van der Waals surface area contributed by atoms with Crippen molar-refractivity contribution in [2.75, 3.05) is 26.2 Å². The van der Waals surface area contributed by atoms with E-state index in [1.807, 2.05) is 0 Å². The summed E-state index contributed by atoms with van der Waals surface area (Å²) in [6, 6.07) is 1.52. The SMILES string of the molecule is CCNC(=NCCCCC(C)C)NC1CCN(C2CC2)CC1.I. The Labute approximate surface area is 160 Å². The van der Waals surface area contributed by atoms with E-state index in [4.69, 9.17) is 4.99 Å². The van der Waals surface area contributed by atoms with Gasteiger partial charge in [0, 0.05) is 38.3 Å². The topological polar surface area (TPSA) is 39.7 Å². The summed E-state index contributed by atoms with van der Waals surface area (Å²) in [7, 11) is 0. The fourth-order valence-corrected chi connectivity index (χ4v) is 3.22. The van der Waals surface area contributed by atoms with Gasteiger partial charge in [-0.1, -0.05) is 26.7 Å². The zero-order valence-electron chi connectivity index (χ0n) is 15.3. The Bertz CT molecular complexity index is 334. The second-order valence-corrected chi connectivity index (χ2v) is 7.34. The molecule has 2 aliphatic rings. The van der Waals surface area contributed by atoms with E-state index >= 15 is 0 Å². The molecule has 1 aliphatic carbocycles. The van der Waals surface area contributed by atoms with Crippen LogP contribution >= 0.6 is 24.0 Å². The summed E-state index contributed by atoms with van der Waals surface area (Å²) in [5.74, 6) is 1.84. The summed E-state index contributed by atoms with van der Waals surface area (Å²) in [6.07, 6.45) is 9.19. The van der Waals surface area contributed by atoms with Gasteiger partial charge in [0.05, 0.1) is 0 Å². The Morgan fingerprint density at radius 1 is 1.13 bits per heavy atom. The van der Waals surface area contributed by atoms with Crippen molar-refractivity contribution >= 4 is 29.9 Å². The molecule has 2 N–H and O–H groups in total. The number of guanidine groups is 1. The summed E-state index contributed by atoms with van der Waals surface area (Å²) < 4.78 is 0. The molecule has 1 aliphatic heterocycles. The number of hydrogen-bond donors (Lipinski definition) is 2. The Morgan fingerprint density at radius 3 is 2.39 bits per heavy atom. The van der Waals surface area contributed by atoms with Crippen LogP contribution in [0.4, 0.5) is 0 Å². The van der Waals surface area contributed by atoms with Gasteiger partial charge in [0.15, 0.2) is 5.96 Å². The first-order chi connectivity index (χ1) is 10.7. The molecule has 136 valence electrons. The Morgan fingerprint density at radius 2 is 1.83 bits per heavy atom. The molecule has 0 bridgehead atoms. The standard InChI is InChI=1S/C18H36N4.HI/c1-4-19-18(20-12-6-5-7-15(2)3)21-16-10-13-22(14-11-16)17-8-9-17;/h15-17H,4-14H2,1-3H3,(H2,19,20,21);1H.